The number of nitrogens with zero attached hydrogens (tertiary/aromatic N) is 4. The quantitative estimate of drug-likeness (QED) is 0.491. The number of ether oxygens (including phenoxy) is 1. The Morgan fingerprint density at radius 2 is 1.86 bits per heavy atom. The van der Waals surface area contributed by atoms with Gasteiger partial charge in [0.05, 0.1) is 22.0 Å². The van der Waals surface area contributed by atoms with E-state index in [0.717, 1.165) is 28.7 Å². The molecule has 0 saturated heterocycles. The Bertz CT molecular complexity index is 1450. The van der Waals surface area contributed by atoms with Crippen LogP contribution in [0, 0.1) is 0 Å². The molecule has 184 valence electrons. The first-order valence-corrected chi connectivity index (χ1v) is 11.3. The van der Waals surface area contributed by atoms with E-state index in [0.29, 0.717) is 0 Å². The van der Waals surface area contributed by atoms with Gasteiger partial charge in [-0.2, -0.15) is 5.10 Å². The van der Waals surface area contributed by atoms with E-state index in [1.165, 1.54) is 67.4 Å². The molecule has 0 amide bonds. The number of alkyl halides is 3. The summed E-state index contributed by atoms with van der Waals surface area (Å²) in [5.41, 5.74) is 5.20. The van der Waals surface area contributed by atoms with Gasteiger partial charge < -0.3 is 10.5 Å². The van der Waals surface area contributed by atoms with E-state index in [9.17, 15) is 26.4 Å². The fourth-order valence-electron chi connectivity index (χ4n) is 2.88. The van der Waals surface area contributed by atoms with Crippen molar-refractivity contribution >= 4 is 21.4 Å². The van der Waals surface area contributed by atoms with Crippen molar-refractivity contribution in [1.82, 2.24) is 14.1 Å². The van der Waals surface area contributed by atoms with Crippen molar-refractivity contribution < 1.29 is 26.3 Å². The van der Waals surface area contributed by atoms with Gasteiger partial charge in [0.15, 0.2) is 5.69 Å². The number of allylic oxidation sites excluding steroid dienone is 1. The molecule has 9 nitrogen and oxygen atoms in total. The molecule has 3 rings (SSSR count). The number of benzene rings is 2. The van der Waals surface area contributed by atoms with Crippen molar-refractivity contribution in [2.75, 3.05) is 14.1 Å². The van der Waals surface area contributed by atoms with Crippen molar-refractivity contribution in [3.8, 4) is 11.4 Å². The summed E-state index contributed by atoms with van der Waals surface area (Å²) in [4.78, 5) is 16.9. The maximum Gasteiger partial charge on any atom is 0.573 e. The fourth-order valence-corrected chi connectivity index (χ4v) is 3.82. The molecule has 2 N–H and O–H groups in total. The zero-order valence-electron chi connectivity index (χ0n) is 18.5. The second kappa shape index (κ2) is 10.1. The molecule has 2 aromatic carbocycles. The van der Waals surface area contributed by atoms with Gasteiger partial charge >= 0.3 is 6.36 Å². The van der Waals surface area contributed by atoms with Crippen LogP contribution in [-0.4, -0.2) is 48.7 Å². The number of rotatable bonds is 7. The van der Waals surface area contributed by atoms with E-state index in [1.807, 2.05) is 0 Å². The van der Waals surface area contributed by atoms with Gasteiger partial charge in [-0.25, -0.2) is 22.4 Å². The lowest BCUT2D eigenvalue weighted by molar-refractivity contribution is -0.274. The van der Waals surface area contributed by atoms with Crippen molar-refractivity contribution in [2.45, 2.75) is 11.3 Å². The third kappa shape index (κ3) is 6.33. The zero-order chi connectivity index (χ0) is 25.8. The molecule has 0 aliphatic heterocycles. The smallest absolute Gasteiger partial charge is 0.406 e. The van der Waals surface area contributed by atoms with E-state index < -0.39 is 27.6 Å². The van der Waals surface area contributed by atoms with Crippen LogP contribution >= 0.6 is 0 Å². The SMILES string of the molecule is CN(C)S(=O)(=O)c1cccc(N=C(C=CN)c2nn(-c3cccc(OC(F)(F)F)c3)ccc2=O)c1. The lowest BCUT2D eigenvalue weighted by Gasteiger charge is -2.12. The zero-order valence-corrected chi connectivity index (χ0v) is 19.3. The predicted octanol–water partition coefficient (Wildman–Crippen LogP) is 2.97. The first-order valence-electron chi connectivity index (χ1n) is 9.87. The number of hydrogen-bond acceptors (Lipinski definition) is 7. The second-order valence-corrected chi connectivity index (χ2v) is 9.31. The average molecular weight is 507 g/mol. The summed E-state index contributed by atoms with van der Waals surface area (Å²) in [7, 11) is -0.957. The molecular formula is C22H20F3N5O4S. The van der Waals surface area contributed by atoms with Crippen LogP contribution in [0.25, 0.3) is 5.69 Å². The van der Waals surface area contributed by atoms with E-state index in [-0.39, 0.29) is 27.7 Å². The number of aliphatic imine (C=N–C) groups is 1. The van der Waals surface area contributed by atoms with Gasteiger partial charge in [-0.15, -0.1) is 13.2 Å². The Morgan fingerprint density at radius 1 is 1.14 bits per heavy atom. The summed E-state index contributed by atoms with van der Waals surface area (Å²) in [6.45, 7) is 0. The number of hydrogen-bond donors (Lipinski definition) is 1. The van der Waals surface area contributed by atoms with Crippen molar-refractivity contribution in [3.63, 3.8) is 0 Å². The van der Waals surface area contributed by atoms with Gasteiger partial charge in [-0.05, 0) is 42.6 Å². The van der Waals surface area contributed by atoms with Crippen LogP contribution < -0.4 is 15.9 Å². The Hall–Kier alpha value is -3.97. The van der Waals surface area contributed by atoms with Crippen molar-refractivity contribution in [1.29, 1.82) is 0 Å². The molecule has 0 spiro atoms. The maximum absolute atomic E-state index is 12.6. The number of sulfonamides is 1. The normalized spacial score (nSPS) is 12.9. The molecule has 1 heterocycles. The lowest BCUT2D eigenvalue weighted by Crippen LogP contribution is -2.22. The minimum Gasteiger partial charge on any atom is -0.406 e. The molecule has 0 aliphatic carbocycles. The number of nitrogens with two attached hydrogens (primary N) is 1. The number of aromatic nitrogens is 2. The molecule has 0 saturated carbocycles. The summed E-state index contributed by atoms with van der Waals surface area (Å²) < 4.78 is 68.7. The van der Waals surface area contributed by atoms with Gasteiger partial charge in [0.25, 0.3) is 0 Å². The van der Waals surface area contributed by atoms with Crippen molar-refractivity contribution in [2.24, 2.45) is 10.7 Å². The van der Waals surface area contributed by atoms with Crippen LogP contribution in [0.4, 0.5) is 18.9 Å². The van der Waals surface area contributed by atoms with Gasteiger partial charge in [0.1, 0.15) is 5.75 Å². The highest BCUT2D eigenvalue weighted by Crippen LogP contribution is 2.24. The third-order valence-electron chi connectivity index (χ3n) is 4.47. The number of halogens is 3. The molecule has 0 radical (unpaired) electrons. The molecule has 0 fully saturated rings. The van der Waals surface area contributed by atoms with E-state index in [2.05, 4.69) is 14.8 Å². The molecule has 0 bridgehead atoms. The highest BCUT2D eigenvalue weighted by Gasteiger charge is 2.31. The molecule has 0 atom stereocenters. The Morgan fingerprint density at radius 3 is 2.51 bits per heavy atom. The van der Waals surface area contributed by atoms with E-state index in [4.69, 9.17) is 5.73 Å². The minimum absolute atomic E-state index is 0.00828. The van der Waals surface area contributed by atoms with Gasteiger partial charge in [0.2, 0.25) is 15.5 Å². The van der Waals surface area contributed by atoms with Crippen molar-refractivity contribution in [3.05, 3.63) is 89.0 Å². The van der Waals surface area contributed by atoms with Crippen LogP contribution in [0.1, 0.15) is 5.69 Å². The minimum atomic E-state index is -4.87. The average Bonchev–Trinajstić information content (AvgIpc) is 2.78. The lowest BCUT2D eigenvalue weighted by atomic mass is 10.2. The summed E-state index contributed by atoms with van der Waals surface area (Å²) in [5, 5.41) is 4.20. The molecular weight excluding hydrogens is 487 g/mol. The van der Waals surface area contributed by atoms with Crippen LogP contribution in [0.2, 0.25) is 0 Å². The highest BCUT2D eigenvalue weighted by molar-refractivity contribution is 7.89. The van der Waals surface area contributed by atoms with E-state index >= 15 is 0 Å². The van der Waals surface area contributed by atoms with Crippen LogP contribution in [-0.2, 0) is 10.0 Å². The maximum atomic E-state index is 12.6. The third-order valence-corrected chi connectivity index (χ3v) is 6.28. The predicted molar refractivity (Wildman–Crippen MR) is 123 cm³/mol. The Balaban J connectivity index is 2.08. The first-order chi connectivity index (χ1) is 16.4. The molecule has 1 aromatic heterocycles. The molecule has 0 unspecified atom stereocenters. The molecule has 35 heavy (non-hydrogen) atoms. The van der Waals surface area contributed by atoms with Gasteiger partial charge in [-0.1, -0.05) is 12.1 Å². The topological polar surface area (TPSA) is 120 Å². The standard InChI is InChI=1S/C22H20F3N5O4S/c1-29(2)35(32,33)18-8-3-5-15(13-18)27-19(9-11-26)21-20(31)10-12-30(28-21)16-6-4-7-17(14-16)34-22(23,24)25/h3-14H,26H2,1-2H3. The largest absolute Gasteiger partial charge is 0.573 e. The summed E-state index contributed by atoms with van der Waals surface area (Å²) >= 11 is 0. The van der Waals surface area contributed by atoms with E-state index in [1.54, 1.807) is 0 Å². The highest BCUT2D eigenvalue weighted by atomic mass is 32.2. The fraction of sp³-hybridized carbons (Fsp3) is 0.136. The Labute approximate surface area is 198 Å². The molecule has 0 aliphatic rings. The summed E-state index contributed by atoms with van der Waals surface area (Å²) in [6, 6.07) is 11.9. The van der Waals surface area contributed by atoms with Gasteiger partial charge in [-0.3, -0.25) is 4.79 Å². The molecule has 3 aromatic rings. The van der Waals surface area contributed by atoms with Crippen LogP contribution in [0.5, 0.6) is 5.75 Å². The first kappa shape index (κ1) is 25.6. The summed E-state index contributed by atoms with van der Waals surface area (Å²) in [5.74, 6) is -0.466. The second-order valence-electron chi connectivity index (χ2n) is 7.16. The monoisotopic (exact) mass is 507 g/mol. The molecule has 13 heteroatoms. The van der Waals surface area contributed by atoms with Crippen LogP contribution in [0.3, 0.4) is 0 Å². The van der Waals surface area contributed by atoms with Crippen LogP contribution in [0.15, 0.2) is 87.8 Å². The summed E-state index contributed by atoms with van der Waals surface area (Å²) in [6.07, 6.45) is -1.19. The van der Waals surface area contributed by atoms with Gasteiger partial charge in [0, 0.05) is 32.4 Å². The Kier molecular flexibility index (Phi) is 7.41.